The molecule has 0 bridgehead atoms. The van der Waals surface area contributed by atoms with Gasteiger partial charge in [-0.05, 0) is 24.3 Å². The Morgan fingerprint density at radius 3 is 2.66 bits per heavy atom. The Morgan fingerprint density at radius 2 is 2.06 bits per heavy atom. The number of ether oxygens (including phenoxy) is 1. The van der Waals surface area contributed by atoms with Crippen molar-refractivity contribution >= 4 is 30.1 Å². The number of aromatic nitrogens is 1. The van der Waals surface area contributed by atoms with Gasteiger partial charge in [-0.25, -0.2) is 9.18 Å². The second kappa shape index (κ2) is 9.36. The van der Waals surface area contributed by atoms with Crippen LogP contribution in [0.3, 0.4) is 0 Å². The quantitative estimate of drug-likeness (QED) is 0.622. The third-order valence-electron chi connectivity index (χ3n) is 6.80. The van der Waals surface area contributed by atoms with E-state index < -0.39 is 35.8 Å². The smallest absolute Gasteiger partial charge is 0.414 e. The number of nitrogens with zero attached hydrogens (tertiary/aromatic N) is 3. The third-order valence-corrected chi connectivity index (χ3v) is 6.80. The maximum Gasteiger partial charge on any atom is 0.414 e. The fourth-order valence-corrected chi connectivity index (χ4v) is 4.98. The van der Waals surface area contributed by atoms with Gasteiger partial charge in [0.2, 0.25) is 0 Å². The molecule has 0 spiro atoms. The van der Waals surface area contributed by atoms with E-state index in [1.54, 1.807) is 24.4 Å². The van der Waals surface area contributed by atoms with E-state index in [0.717, 1.165) is 13.1 Å². The van der Waals surface area contributed by atoms with Gasteiger partial charge in [-0.15, -0.1) is 12.4 Å². The average Bonchev–Trinajstić information content (AvgIpc) is 3.12. The molecule has 0 radical (unpaired) electrons. The lowest BCUT2D eigenvalue weighted by molar-refractivity contribution is -0.132. The lowest BCUT2D eigenvalue weighted by Crippen LogP contribution is -2.37. The average molecular weight is 508 g/mol. The summed E-state index contributed by atoms with van der Waals surface area (Å²) >= 11 is 0. The number of nitrogens with one attached hydrogen (secondary N) is 2. The first-order chi connectivity index (χ1) is 16.3. The Balaban J connectivity index is 0.00000289. The topological polar surface area (TPSA) is 107 Å². The standard InChI is InChI=1S/C23H20F3N5O3.ClH/c24-18-5-13(31-10-14(34-22(31)33)7-30-21(32)20(25)26)2-3-15(18)12-1-4-19(29-6-12)23(11-27)16-8-28-9-17(16)23;/h1-6,14,16-17,20,28H,7-10H2,(H,30,32);1H/t14-,16?,17?,23?;/m0./s1. The number of hydrogen-bond donors (Lipinski definition) is 2. The number of carbonyl (C=O) groups is 2. The highest BCUT2D eigenvalue weighted by Crippen LogP contribution is 2.60. The maximum absolute atomic E-state index is 14.9. The SMILES string of the molecule is Cl.N#CC1(c2ccc(-c3ccc(N4C[C@H](CNC(=O)C(F)F)OC4=O)cc3F)cn2)C2CNCC21. The molecule has 3 heterocycles. The van der Waals surface area contributed by atoms with E-state index in [0.29, 0.717) is 11.3 Å². The van der Waals surface area contributed by atoms with Crippen LogP contribution in [-0.4, -0.2) is 55.7 Å². The van der Waals surface area contributed by atoms with Crippen LogP contribution in [0.15, 0.2) is 36.5 Å². The number of rotatable bonds is 6. The Hall–Kier alpha value is -3.36. The summed E-state index contributed by atoms with van der Waals surface area (Å²) < 4.78 is 44.6. The zero-order valence-corrected chi connectivity index (χ0v) is 19.0. The predicted molar refractivity (Wildman–Crippen MR) is 121 cm³/mol. The van der Waals surface area contributed by atoms with Crippen molar-refractivity contribution in [3.05, 3.63) is 48.0 Å². The summed E-state index contributed by atoms with van der Waals surface area (Å²) in [5.41, 5.74) is 1.16. The van der Waals surface area contributed by atoms with Crippen LogP contribution < -0.4 is 15.5 Å². The van der Waals surface area contributed by atoms with Crippen molar-refractivity contribution in [3.63, 3.8) is 0 Å². The normalized spacial score (nSPS) is 26.5. The number of hydrogen-bond acceptors (Lipinski definition) is 6. The minimum atomic E-state index is -3.16. The van der Waals surface area contributed by atoms with Gasteiger partial charge >= 0.3 is 12.5 Å². The molecule has 8 nitrogen and oxygen atoms in total. The maximum atomic E-state index is 14.9. The zero-order valence-electron chi connectivity index (χ0n) is 18.2. The molecule has 184 valence electrons. The van der Waals surface area contributed by atoms with Crippen molar-refractivity contribution in [1.82, 2.24) is 15.6 Å². The lowest BCUT2D eigenvalue weighted by atomic mass is 9.96. The molecule has 3 atom stereocenters. The van der Waals surface area contributed by atoms with Crippen molar-refractivity contribution in [2.24, 2.45) is 11.8 Å². The number of pyridine rings is 1. The predicted octanol–water partition coefficient (Wildman–Crippen LogP) is 2.63. The number of halogens is 4. The van der Waals surface area contributed by atoms with Gasteiger partial charge in [0.25, 0.3) is 5.91 Å². The molecule has 5 rings (SSSR count). The molecule has 2 amide bonds. The number of piperidine rings is 1. The van der Waals surface area contributed by atoms with E-state index in [9.17, 15) is 28.0 Å². The summed E-state index contributed by atoms with van der Waals surface area (Å²) in [6.07, 6.45) is -3.22. The number of anilines is 1. The van der Waals surface area contributed by atoms with Crippen molar-refractivity contribution in [2.75, 3.05) is 31.1 Å². The molecule has 1 aromatic heterocycles. The lowest BCUT2D eigenvalue weighted by Gasteiger charge is -2.15. The molecule has 2 N–H and O–H groups in total. The molecule has 2 saturated heterocycles. The van der Waals surface area contributed by atoms with E-state index in [-0.39, 0.29) is 48.6 Å². The molecule has 3 fully saturated rings. The minimum Gasteiger partial charge on any atom is -0.442 e. The van der Waals surface area contributed by atoms with Crippen molar-refractivity contribution < 1.29 is 27.5 Å². The molecule has 2 unspecified atom stereocenters. The van der Waals surface area contributed by atoms with Gasteiger partial charge in [-0.3, -0.25) is 14.7 Å². The summed E-state index contributed by atoms with van der Waals surface area (Å²) in [6, 6.07) is 10.1. The fraction of sp³-hybridized carbons (Fsp3) is 0.391. The van der Waals surface area contributed by atoms with Gasteiger partial charge < -0.3 is 15.4 Å². The number of benzene rings is 1. The van der Waals surface area contributed by atoms with E-state index in [1.807, 2.05) is 5.32 Å². The van der Waals surface area contributed by atoms with Gasteiger partial charge in [0.05, 0.1) is 30.5 Å². The van der Waals surface area contributed by atoms with Crippen molar-refractivity contribution in [2.45, 2.75) is 17.9 Å². The van der Waals surface area contributed by atoms with Crippen LogP contribution in [0.5, 0.6) is 0 Å². The van der Waals surface area contributed by atoms with Crippen LogP contribution in [0, 0.1) is 29.0 Å². The first kappa shape index (κ1) is 24.8. The highest BCUT2D eigenvalue weighted by Gasteiger charge is 2.69. The number of amides is 2. The number of carbonyl (C=O) groups excluding carboxylic acids is 2. The van der Waals surface area contributed by atoms with Gasteiger partial charge in [-0.1, -0.05) is 6.07 Å². The minimum absolute atomic E-state index is 0. The first-order valence-electron chi connectivity index (χ1n) is 10.8. The van der Waals surface area contributed by atoms with Crippen molar-refractivity contribution in [1.29, 1.82) is 5.26 Å². The van der Waals surface area contributed by atoms with Crippen LogP contribution in [-0.2, 0) is 14.9 Å². The van der Waals surface area contributed by atoms with Crippen molar-refractivity contribution in [3.8, 4) is 17.2 Å². The molecule has 2 aromatic rings. The summed E-state index contributed by atoms with van der Waals surface area (Å²) in [7, 11) is 0. The Labute approximate surface area is 204 Å². The summed E-state index contributed by atoms with van der Waals surface area (Å²) in [5.74, 6) is -1.54. The molecule has 12 heteroatoms. The Kier molecular flexibility index (Phi) is 6.62. The Bertz CT molecular complexity index is 1180. The number of fused-ring (bicyclic) bond motifs is 1. The molecule has 1 saturated carbocycles. The van der Waals surface area contributed by atoms with Crippen LogP contribution in [0.2, 0.25) is 0 Å². The second-order valence-corrected chi connectivity index (χ2v) is 8.61. The van der Waals surface area contributed by atoms with Gasteiger partial charge in [0.15, 0.2) is 0 Å². The molecular weight excluding hydrogens is 487 g/mol. The first-order valence-corrected chi connectivity index (χ1v) is 10.8. The monoisotopic (exact) mass is 507 g/mol. The van der Waals surface area contributed by atoms with Gasteiger partial charge in [-0.2, -0.15) is 14.0 Å². The molecule has 1 aliphatic carbocycles. The summed E-state index contributed by atoms with van der Waals surface area (Å²) in [4.78, 5) is 28.8. The Morgan fingerprint density at radius 1 is 1.31 bits per heavy atom. The molecule has 1 aromatic carbocycles. The van der Waals surface area contributed by atoms with Gasteiger partial charge in [0, 0.05) is 42.2 Å². The summed E-state index contributed by atoms with van der Waals surface area (Å²) in [6.45, 7) is 1.28. The van der Waals surface area contributed by atoms with Crippen LogP contribution >= 0.6 is 12.4 Å². The molecule has 3 aliphatic rings. The number of nitriles is 1. The second-order valence-electron chi connectivity index (χ2n) is 8.61. The third kappa shape index (κ3) is 4.17. The largest absolute Gasteiger partial charge is 0.442 e. The van der Waals surface area contributed by atoms with E-state index in [1.165, 1.54) is 17.0 Å². The molecule has 2 aliphatic heterocycles. The van der Waals surface area contributed by atoms with Crippen LogP contribution in [0.1, 0.15) is 5.69 Å². The number of cyclic esters (lactones) is 1. The van der Waals surface area contributed by atoms with Gasteiger partial charge in [0.1, 0.15) is 17.3 Å². The zero-order chi connectivity index (χ0) is 24.0. The summed E-state index contributed by atoms with van der Waals surface area (Å²) in [5, 5.41) is 15.0. The van der Waals surface area contributed by atoms with E-state index >= 15 is 0 Å². The van der Waals surface area contributed by atoms with Crippen LogP contribution in [0.4, 0.5) is 23.7 Å². The van der Waals surface area contributed by atoms with E-state index in [4.69, 9.17) is 4.74 Å². The highest BCUT2D eigenvalue weighted by atomic mass is 35.5. The highest BCUT2D eigenvalue weighted by molar-refractivity contribution is 5.90. The molecule has 35 heavy (non-hydrogen) atoms. The van der Waals surface area contributed by atoms with Crippen LogP contribution in [0.25, 0.3) is 11.1 Å². The molecular formula is C23H21ClF3N5O3. The number of alkyl halides is 2. The van der Waals surface area contributed by atoms with E-state index in [2.05, 4.69) is 16.4 Å². The fourth-order valence-electron chi connectivity index (χ4n) is 4.98.